The molecule has 0 aliphatic rings. The number of ether oxygens (including phenoxy) is 2. The van der Waals surface area contributed by atoms with E-state index in [1.807, 2.05) is 49.4 Å². The van der Waals surface area contributed by atoms with Crippen molar-refractivity contribution in [1.29, 1.82) is 0 Å². The molecule has 3 aromatic carbocycles. The second-order valence-corrected chi connectivity index (χ2v) is 6.52. The summed E-state index contributed by atoms with van der Waals surface area (Å²) in [7, 11) is 0. The molecular formula is C22H22ClNO3. The van der Waals surface area contributed by atoms with Gasteiger partial charge in [0.05, 0.1) is 6.54 Å². The van der Waals surface area contributed by atoms with Crippen molar-refractivity contribution in [2.75, 3.05) is 13.2 Å². The van der Waals surface area contributed by atoms with Gasteiger partial charge in [0.25, 0.3) is 5.91 Å². The van der Waals surface area contributed by atoms with Crippen LogP contribution in [-0.4, -0.2) is 25.2 Å². The summed E-state index contributed by atoms with van der Waals surface area (Å²) in [6, 6.07) is 20.9. The molecular weight excluding hydrogens is 362 g/mol. The lowest BCUT2D eigenvalue weighted by Gasteiger charge is -2.18. The molecule has 0 unspecified atom stereocenters. The minimum Gasteiger partial charge on any atom is -0.492 e. The van der Waals surface area contributed by atoms with Crippen molar-refractivity contribution in [2.24, 2.45) is 0 Å². The van der Waals surface area contributed by atoms with Crippen LogP contribution < -0.4 is 14.8 Å². The minimum atomic E-state index is -0.550. The van der Waals surface area contributed by atoms with E-state index in [9.17, 15) is 4.79 Å². The van der Waals surface area contributed by atoms with Gasteiger partial charge in [0.1, 0.15) is 18.1 Å². The molecule has 0 fully saturated rings. The van der Waals surface area contributed by atoms with Crippen LogP contribution in [0.4, 0.5) is 0 Å². The molecule has 0 spiro atoms. The van der Waals surface area contributed by atoms with Gasteiger partial charge in [-0.05, 0) is 42.1 Å². The van der Waals surface area contributed by atoms with Crippen molar-refractivity contribution in [3.8, 4) is 11.5 Å². The van der Waals surface area contributed by atoms with Crippen molar-refractivity contribution in [1.82, 2.24) is 5.32 Å². The maximum absolute atomic E-state index is 12.5. The Morgan fingerprint density at radius 2 is 1.78 bits per heavy atom. The van der Waals surface area contributed by atoms with Crippen molar-refractivity contribution < 1.29 is 14.3 Å². The summed E-state index contributed by atoms with van der Waals surface area (Å²) in [5, 5.41) is 5.61. The zero-order valence-corrected chi connectivity index (χ0v) is 15.9. The first kappa shape index (κ1) is 19.1. The smallest absolute Gasteiger partial charge is 0.261 e. The number of carbonyl (C=O) groups is 1. The van der Waals surface area contributed by atoms with Gasteiger partial charge in [0.15, 0.2) is 6.10 Å². The minimum absolute atomic E-state index is 0.148. The fourth-order valence-corrected chi connectivity index (χ4v) is 2.89. The van der Waals surface area contributed by atoms with Gasteiger partial charge in [-0.15, -0.1) is 0 Å². The number of rotatable bonds is 8. The van der Waals surface area contributed by atoms with Gasteiger partial charge in [-0.25, -0.2) is 0 Å². The number of halogens is 1. The van der Waals surface area contributed by atoms with Crippen molar-refractivity contribution in [3.63, 3.8) is 0 Å². The lowest BCUT2D eigenvalue weighted by atomic mass is 10.1. The maximum Gasteiger partial charge on any atom is 0.261 e. The Bertz CT molecular complexity index is 890. The second kappa shape index (κ2) is 9.28. The van der Waals surface area contributed by atoms with E-state index >= 15 is 0 Å². The number of benzene rings is 3. The van der Waals surface area contributed by atoms with Gasteiger partial charge in [0.2, 0.25) is 0 Å². The Balaban J connectivity index is 1.53. The summed E-state index contributed by atoms with van der Waals surface area (Å²) in [6.07, 6.45) is 0.0268. The Morgan fingerprint density at radius 3 is 2.56 bits per heavy atom. The second-order valence-electron chi connectivity index (χ2n) is 6.09. The molecule has 4 nitrogen and oxygen atoms in total. The van der Waals surface area contributed by atoms with Crippen LogP contribution in [0.3, 0.4) is 0 Å². The molecule has 0 bridgehead atoms. The fourth-order valence-electron chi connectivity index (χ4n) is 2.76. The van der Waals surface area contributed by atoms with Crippen LogP contribution in [-0.2, 0) is 4.79 Å². The van der Waals surface area contributed by atoms with E-state index in [0.717, 1.165) is 10.8 Å². The van der Waals surface area contributed by atoms with E-state index in [4.69, 9.17) is 21.1 Å². The van der Waals surface area contributed by atoms with Crippen molar-refractivity contribution >= 4 is 28.3 Å². The van der Waals surface area contributed by atoms with Gasteiger partial charge >= 0.3 is 0 Å². The zero-order chi connectivity index (χ0) is 19.1. The molecule has 0 heterocycles. The highest BCUT2D eigenvalue weighted by molar-refractivity contribution is 6.30. The van der Waals surface area contributed by atoms with Crippen LogP contribution in [0.5, 0.6) is 11.5 Å². The van der Waals surface area contributed by atoms with Crippen LogP contribution in [0.15, 0.2) is 66.7 Å². The van der Waals surface area contributed by atoms with Gasteiger partial charge in [-0.1, -0.05) is 54.9 Å². The largest absolute Gasteiger partial charge is 0.492 e. The van der Waals surface area contributed by atoms with E-state index < -0.39 is 6.10 Å². The summed E-state index contributed by atoms with van der Waals surface area (Å²) in [6.45, 7) is 2.70. The first-order valence-electron chi connectivity index (χ1n) is 8.98. The number of carbonyl (C=O) groups excluding carboxylic acids is 1. The number of fused-ring (bicyclic) bond motifs is 1. The molecule has 1 amide bonds. The molecule has 1 N–H and O–H groups in total. The number of hydrogen-bond donors (Lipinski definition) is 1. The van der Waals surface area contributed by atoms with Gasteiger partial charge in [-0.3, -0.25) is 4.79 Å². The van der Waals surface area contributed by atoms with E-state index in [-0.39, 0.29) is 5.91 Å². The third-order valence-electron chi connectivity index (χ3n) is 4.17. The Hall–Kier alpha value is -2.72. The standard InChI is InChI=1S/C22H22ClNO3/c1-2-20(27-21-9-5-7-16-6-3-4-8-19(16)21)22(25)24-14-15-26-18-12-10-17(23)11-13-18/h3-13,20H,2,14-15H2,1H3,(H,24,25)/t20-/m0/s1. The molecule has 0 saturated carbocycles. The molecule has 3 aromatic rings. The van der Waals surface area contributed by atoms with Gasteiger partial charge < -0.3 is 14.8 Å². The highest BCUT2D eigenvalue weighted by Crippen LogP contribution is 2.26. The molecule has 0 saturated heterocycles. The predicted octanol–water partition coefficient (Wildman–Crippen LogP) is 4.85. The van der Waals surface area contributed by atoms with Crippen LogP contribution in [0.25, 0.3) is 10.8 Å². The molecule has 5 heteroatoms. The average molecular weight is 384 g/mol. The van der Waals surface area contributed by atoms with Crippen molar-refractivity contribution in [2.45, 2.75) is 19.4 Å². The van der Waals surface area contributed by atoms with E-state index in [1.165, 1.54) is 0 Å². The SMILES string of the molecule is CC[C@H](Oc1cccc2ccccc12)C(=O)NCCOc1ccc(Cl)cc1. The van der Waals surface area contributed by atoms with E-state index in [0.29, 0.717) is 36.1 Å². The van der Waals surface area contributed by atoms with Gasteiger partial charge in [0, 0.05) is 10.4 Å². The Labute approximate surface area is 164 Å². The zero-order valence-electron chi connectivity index (χ0n) is 15.2. The first-order valence-corrected chi connectivity index (χ1v) is 9.35. The van der Waals surface area contributed by atoms with Crippen LogP contribution in [0.2, 0.25) is 5.02 Å². The first-order chi connectivity index (χ1) is 13.2. The molecule has 1 atom stereocenters. The van der Waals surface area contributed by atoms with Crippen LogP contribution in [0.1, 0.15) is 13.3 Å². The molecule has 3 rings (SSSR count). The average Bonchev–Trinajstić information content (AvgIpc) is 2.70. The maximum atomic E-state index is 12.5. The third-order valence-corrected chi connectivity index (χ3v) is 4.42. The molecule has 0 aliphatic heterocycles. The fraction of sp³-hybridized carbons (Fsp3) is 0.227. The molecule has 140 valence electrons. The summed E-state index contributed by atoms with van der Waals surface area (Å²) in [5.74, 6) is 1.28. The van der Waals surface area contributed by atoms with E-state index in [1.54, 1.807) is 24.3 Å². The molecule has 0 radical (unpaired) electrons. The Morgan fingerprint density at radius 1 is 1.04 bits per heavy atom. The van der Waals surface area contributed by atoms with Crippen LogP contribution >= 0.6 is 11.6 Å². The summed E-state index contributed by atoms with van der Waals surface area (Å²) in [4.78, 5) is 12.5. The molecule has 27 heavy (non-hydrogen) atoms. The summed E-state index contributed by atoms with van der Waals surface area (Å²) in [5.41, 5.74) is 0. The topological polar surface area (TPSA) is 47.6 Å². The summed E-state index contributed by atoms with van der Waals surface area (Å²) >= 11 is 5.84. The van der Waals surface area contributed by atoms with Crippen molar-refractivity contribution in [3.05, 3.63) is 71.8 Å². The lowest BCUT2D eigenvalue weighted by Crippen LogP contribution is -2.39. The highest BCUT2D eigenvalue weighted by Gasteiger charge is 2.18. The summed E-state index contributed by atoms with van der Waals surface area (Å²) < 4.78 is 11.6. The van der Waals surface area contributed by atoms with Crippen LogP contribution in [0, 0.1) is 0 Å². The lowest BCUT2D eigenvalue weighted by molar-refractivity contribution is -0.128. The quantitative estimate of drug-likeness (QED) is 0.566. The van der Waals surface area contributed by atoms with Gasteiger partial charge in [-0.2, -0.15) is 0 Å². The monoisotopic (exact) mass is 383 g/mol. The number of hydrogen-bond acceptors (Lipinski definition) is 3. The predicted molar refractivity (Wildman–Crippen MR) is 109 cm³/mol. The highest BCUT2D eigenvalue weighted by atomic mass is 35.5. The normalized spacial score (nSPS) is 11.8. The molecule has 0 aliphatic carbocycles. The number of nitrogens with one attached hydrogen (secondary N) is 1. The number of amides is 1. The molecule has 0 aromatic heterocycles. The van der Waals surface area contributed by atoms with E-state index in [2.05, 4.69) is 5.32 Å². The third kappa shape index (κ3) is 5.14. The Kier molecular flexibility index (Phi) is 6.55.